The zero-order valence-corrected chi connectivity index (χ0v) is 19.8. The fourth-order valence-electron chi connectivity index (χ4n) is 3.22. The molecule has 7 nitrogen and oxygen atoms in total. The summed E-state index contributed by atoms with van der Waals surface area (Å²) in [6.45, 7) is 0.437. The molecule has 1 amide bonds. The Balaban J connectivity index is 1.40. The summed E-state index contributed by atoms with van der Waals surface area (Å²) >= 11 is 1.40. The fraction of sp³-hybridized carbons (Fsp3) is 0.154. The smallest absolute Gasteiger partial charge is 0.275 e. The van der Waals surface area contributed by atoms with Crippen LogP contribution in [0.1, 0.15) is 16.1 Å². The second-order valence-electron chi connectivity index (χ2n) is 7.22. The maximum atomic E-state index is 12.7. The van der Waals surface area contributed by atoms with E-state index in [9.17, 15) is 4.79 Å². The van der Waals surface area contributed by atoms with E-state index < -0.39 is 0 Å². The van der Waals surface area contributed by atoms with Crippen LogP contribution in [0, 0.1) is 0 Å². The average molecular weight is 477 g/mol. The van der Waals surface area contributed by atoms with Crippen LogP contribution in [0.4, 0.5) is 5.69 Å². The van der Waals surface area contributed by atoms with Gasteiger partial charge in [-0.2, -0.15) is 0 Å². The van der Waals surface area contributed by atoms with E-state index in [1.54, 1.807) is 37.8 Å². The van der Waals surface area contributed by atoms with Gasteiger partial charge in [-0.15, -0.1) is 11.3 Å². The number of amides is 1. The van der Waals surface area contributed by atoms with Gasteiger partial charge in [0.15, 0.2) is 0 Å². The molecule has 0 aliphatic carbocycles. The number of rotatable bonds is 9. The van der Waals surface area contributed by atoms with E-state index >= 15 is 0 Å². The fourth-order valence-corrected chi connectivity index (χ4v) is 4.03. The molecule has 0 bridgehead atoms. The third-order valence-corrected chi connectivity index (χ3v) is 5.93. The minimum Gasteiger partial charge on any atom is -0.497 e. The molecule has 0 fully saturated rings. The van der Waals surface area contributed by atoms with E-state index in [0.29, 0.717) is 29.5 Å². The normalized spacial score (nSPS) is 10.4. The molecule has 174 valence electrons. The van der Waals surface area contributed by atoms with Crippen molar-refractivity contribution in [3.05, 3.63) is 83.4 Å². The zero-order chi connectivity index (χ0) is 23.9. The summed E-state index contributed by atoms with van der Waals surface area (Å²) < 4.78 is 21.6. The Kier molecular flexibility index (Phi) is 7.29. The first-order valence-electron chi connectivity index (χ1n) is 10.4. The molecule has 0 saturated carbocycles. The molecule has 0 saturated heterocycles. The molecule has 4 aromatic rings. The summed E-state index contributed by atoms with van der Waals surface area (Å²) in [6, 6.07) is 20.6. The first kappa shape index (κ1) is 23.1. The molecule has 0 radical (unpaired) electrons. The first-order valence-corrected chi connectivity index (χ1v) is 11.3. The lowest BCUT2D eigenvalue weighted by Crippen LogP contribution is -2.13. The highest BCUT2D eigenvalue weighted by atomic mass is 32.1. The molecule has 3 aromatic carbocycles. The minimum absolute atomic E-state index is 0.316. The minimum atomic E-state index is -0.316. The predicted molar refractivity (Wildman–Crippen MR) is 132 cm³/mol. The van der Waals surface area contributed by atoms with Crippen molar-refractivity contribution in [1.82, 2.24) is 4.98 Å². The van der Waals surface area contributed by atoms with Crippen molar-refractivity contribution in [1.29, 1.82) is 0 Å². The Morgan fingerprint density at radius 2 is 1.62 bits per heavy atom. The number of ether oxygens (including phenoxy) is 4. The number of nitrogens with zero attached hydrogens (tertiary/aromatic N) is 1. The van der Waals surface area contributed by atoms with Crippen LogP contribution in [0.25, 0.3) is 10.6 Å². The van der Waals surface area contributed by atoms with Crippen molar-refractivity contribution in [2.75, 3.05) is 26.6 Å². The first-order chi connectivity index (χ1) is 16.6. The van der Waals surface area contributed by atoms with Crippen LogP contribution in [0.3, 0.4) is 0 Å². The Morgan fingerprint density at radius 1 is 0.882 bits per heavy atom. The van der Waals surface area contributed by atoms with Gasteiger partial charge >= 0.3 is 0 Å². The van der Waals surface area contributed by atoms with Gasteiger partial charge in [-0.05, 0) is 54.1 Å². The third-order valence-electron chi connectivity index (χ3n) is 5.03. The van der Waals surface area contributed by atoms with Crippen molar-refractivity contribution in [2.45, 2.75) is 6.61 Å². The highest BCUT2D eigenvalue weighted by Gasteiger charge is 2.15. The van der Waals surface area contributed by atoms with Gasteiger partial charge in [0.05, 0.1) is 27.0 Å². The topological polar surface area (TPSA) is 78.9 Å². The zero-order valence-electron chi connectivity index (χ0n) is 19.0. The maximum Gasteiger partial charge on any atom is 0.275 e. The van der Waals surface area contributed by atoms with Gasteiger partial charge in [-0.25, -0.2) is 4.98 Å². The Bertz CT molecular complexity index is 1270. The number of methoxy groups -OCH3 is 3. The second-order valence-corrected chi connectivity index (χ2v) is 8.08. The molecule has 1 heterocycles. The largest absolute Gasteiger partial charge is 0.497 e. The standard InChI is InChI=1S/C26H24N2O5S/c1-30-20-6-4-5-17(13-20)15-33-19-9-7-18(8-10-19)26-28-23(16-34-26)25(29)27-22-12-11-21(31-2)14-24(22)32-3/h4-14,16H,15H2,1-3H3,(H,27,29). The Morgan fingerprint density at radius 3 is 2.35 bits per heavy atom. The van der Waals surface area contributed by atoms with E-state index in [4.69, 9.17) is 18.9 Å². The summed E-state index contributed by atoms with van der Waals surface area (Å²) in [5.41, 5.74) is 2.80. The number of nitrogens with one attached hydrogen (secondary N) is 1. The highest BCUT2D eigenvalue weighted by Crippen LogP contribution is 2.30. The monoisotopic (exact) mass is 476 g/mol. The number of carbonyl (C=O) groups is 1. The molecule has 0 spiro atoms. The summed E-state index contributed by atoms with van der Waals surface area (Å²) in [5, 5.41) is 5.31. The summed E-state index contributed by atoms with van der Waals surface area (Å²) in [4.78, 5) is 17.2. The number of carbonyl (C=O) groups excluding carboxylic acids is 1. The Hall–Kier alpha value is -4.04. The van der Waals surface area contributed by atoms with E-state index in [1.165, 1.54) is 18.4 Å². The van der Waals surface area contributed by atoms with Crippen LogP contribution in [-0.4, -0.2) is 32.2 Å². The molecular formula is C26H24N2O5S. The van der Waals surface area contributed by atoms with E-state index in [-0.39, 0.29) is 5.91 Å². The van der Waals surface area contributed by atoms with Crippen LogP contribution in [-0.2, 0) is 6.61 Å². The van der Waals surface area contributed by atoms with Crippen LogP contribution >= 0.6 is 11.3 Å². The average Bonchev–Trinajstić information content (AvgIpc) is 3.39. The SMILES string of the molecule is COc1cccc(COc2ccc(-c3nc(C(=O)Nc4ccc(OC)cc4OC)cs3)cc2)c1. The molecule has 0 unspecified atom stereocenters. The lowest BCUT2D eigenvalue weighted by molar-refractivity contribution is 0.102. The molecule has 1 N–H and O–H groups in total. The summed E-state index contributed by atoms with van der Waals surface area (Å²) in [5.74, 6) is 2.37. The highest BCUT2D eigenvalue weighted by molar-refractivity contribution is 7.13. The lowest BCUT2D eigenvalue weighted by Gasteiger charge is -2.10. The molecule has 34 heavy (non-hydrogen) atoms. The third kappa shape index (κ3) is 5.47. The van der Waals surface area contributed by atoms with Gasteiger partial charge in [-0.1, -0.05) is 12.1 Å². The number of aromatic nitrogens is 1. The van der Waals surface area contributed by atoms with Gasteiger partial charge in [-0.3, -0.25) is 4.79 Å². The number of benzene rings is 3. The van der Waals surface area contributed by atoms with Crippen molar-refractivity contribution in [3.8, 4) is 33.6 Å². The predicted octanol–water partition coefficient (Wildman–Crippen LogP) is 5.67. The van der Waals surface area contributed by atoms with Gasteiger partial charge in [0, 0.05) is 17.0 Å². The van der Waals surface area contributed by atoms with Gasteiger partial charge < -0.3 is 24.3 Å². The van der Waals surface area contributed by atoms with E-state index in [2.05, 4.69) is 10.3 Å². The molecule has 8 heteroatoms. The maximum absolute atomic E-state index is 12.7. The number of hydrogen-bond acceptors (Lipinski definition) is 7. The molecule has 4 rings (SSSR count). The lowest BCUT2D eigenvalue weighted by atomic mass is 10.2. The van der Waals surface area contributed by atoms with Crippen LogP contribution in [0.15, 0.2) is 72.1 Å². The van der Waals surface area contributed by atoms with Crippen molar-refractivity contribution in [2.24, 2.45) is 0 Å². The summed E-state index contributed by atoms with van der Waals surface area (Å²) in [6.07, 6.45) is 0. The number of anilines is 1. The molecule has 0 aliphatic rings. The Labute approximate surface area is 201 Å². The van der Waals surface area contributed by atoms with Crippen LogP contribution in [0.5, 0.6) is 23.0 Å². The molecule has 0 atom stereocenters. The van der Waals surface area contributed by atoms with Crippen LogP contribution in [0.2, 0.25) is 0 Å². The molecule has 0 aliphatic heterocycles. The second kappa shape index (κ2) is 10.7. The quantitative estimate of drug-likeness (QED) is 0.335. The molecular weight excluding hydrogens is 452 g/mol. The van der Waals surface area contributed by atoms with Gasteiger partial charge in [0.25, 0.3) is 5.91 Å². The van der Waals surface area contributed by atoms with Gasteiger partial charge in [0.1, 0.15) is 40.3 Å². The summed E-state index contributed by atoms with van der Waals surface area (Å²) in [7, 11) is 4.75. The number of hydrogen-bond donors (Lipinski definition) is 1. The van der Waals surface area contributed by atoms with Gasteiger partial charge in [0.2, 0.25) is 0 Å². The number of thiazole rings is 1. The van der Waals surface area contributed by atoms with Crippen molar-refractivity contribution < 1.29 is 23.7 Å². The van der Waals surface area contributed by atoms with E-state index in [1.807, 2.05) is 48.5 Å². The van der Waals surface area contributed by atoms with Crippen LogP contribution < -0.4 is 24.3 Å². The molecule has 1 aromatic heterocycles. The van der Waals surface area contributed by atoms with Crippen molar-refractivity contribution >= 4 is 22.9 Å². The van der Waals surface area contributed by atoms with E-state index in [0.717, 1.165) is 27.6 Å². The van der Waals surface area contributed by atoms with Crippen molar-refractivity contribution in [3.63, 3.8) is 0 Å².